The minimum Gasteiger partial charge on any atom is -0.478 e. The molecule has 5 nitrogen and oxygen atoms in total. The number of hydrogen-bond acceptors (Lipinski definition) is 3. The van der Waals surface area contributed by atoms with E-state index in [2.05, 4.69) is 0 Å². The van der Waals surface area contributed by atoms with Crippen LogP contribution in [0.25, 0.3) is 10.8 Å². The Morgan fingerprint density at radius 2 is 1.48 bits per heavy atom. The van der Waals surface area contributed by atoms with Gasteiger partial charge in [-0.3, -0.25) is 4.55 Å². The van der Waals surface area contributed by atoms with Gasteiger partial charge in [0.2, 0.25) is 0 Å². The van der Waals surface area contributed by atoms with E-state index in [-0.39, 0.29) is 5.56 Å². The first-order valence-electron chi connectivity index (χ1n) is 8.60. The van der Waals surface area contributed by atoms with Crippen LogP contribution in [0.5, 0.6) is 0 Å². The molecule has 0 aromatic heterocycles. The Balaban J connectivity index is 3.00. The number of aryl methyl sites for hydroxylation is 1. The second kappa shape index (κ2) is 7.97. The number of hydrogen-bond donors (Lipinski definition) is 2. The fourth-order valence-electron chi connectivity index (χ4n) is 3.29. The Hall–Kier alpha value is -1.92. The van der Waals surface area contributed by atoms with E-state index in [1.807, 2.05) is 26.0 Å². The molecule has 136 valence electrons. The summed E-state index contributed by atoms with van der Waals surface area (Å²) in [5.74, 6) is -1.34. The third-order valence-corrected chi connectivity index (χ3v) is 5.39. The van der Waals surface area contributed by atoms with Gasteiger partial charge >= 0.3 is 5.97 Å². The average Bonchev–Trinajstić information content (AvgIpc) is 2.56. The van der Waals surface area contributed by atoms with Gasteiger partial charge in [0.1, 0.15) is 4.90 Å². The average molecular weight is 364 g/mol. The van der Waals surface area contributed by atoms with Crippen molar-refractivity contribution in [2.75, 3.05) is 0 Å². The Morgan fingerprint density at radius 1 is 0.960 bits per heavy atom. The third kappa shape index (κ3) is 4.02. The van der Waals surface area contributed by atoms with Crippen molar-refractivity contribution in [2.24, 2.45) is 0 Å². The van der Waals surface area contributed by atoms with Crippen LogP contribution in [0.4, 0.5) is 0 Å². The molecule has 0 bridgehead atoms. The lowest BCUT2D eigenvalue weighted by Gasteiger charge is -2.19. The molecule has 6 heteroatoms. The molecule has 2 N–H and O–H groups in total. The molecule has 0 aliphatic rings. The quantitative estimate of drug-likeness (QED) is 0.674. The molecule has 0 heterocycles. The summed E-state index contributed by atoms with van der Waals surface area (Å²) in [6.45, 7) is 4.03. The smallest absolute Gasteiger partial charge is 0.337 e. The van der Waals surface area contributed by atoms with Crippen molar-refractivity contribution in [1.82, 2.24) is 0 Å². The predicted molar refractivity (Wildman–Crippen MR) is 97.9 cm³/mol. The molecular formula is C19H24O5S. The zero-order chi connectivity index (χ0) is 18.6. The van der Waals surface area contributed by atoms with Crippen LogP contribution >= 0.6 is 0 Å². The summed E-state index contributed by atoms with van der Waals surface area (Å²) in [5, 5.41) is 10.8. The highest BCUT2D eigenvalue weighted by Gasteiger charge is 2.29. The highest BCUT2D eigenvalue weighted by molar-refractivity contribution is 7.86. The van der Waals surface area contributed by atoms with E-state index in [0.717, 1.165) is 36.6 Å². The molecule has 0 atom stereocenters. The Labute approximate surface area is 148 Å². The molecular weight excluding hydrogens is 340 g/mol. The molecule has 2 aromatic carbocycles. The van der Waals surface area contributed by atoms with Crippen molar-refractivity contribution >= 4 is 26.9 Å². The lowest BCUT2D eigenvalue weighted by Crippen LogP contribution is -2.15. The van der Waals surface area contributed by atoms with Crippen molar-refractivity contribution in [3.63, 3.8) is 0 Å². The second-order valence-electron chi connectivity index (χ2n) is 6.19. The molecule has 2 rings (SSSR count). The maximum Gasteiger partial charge on any atom is 0.337 e. The van der Waals surface area contributed by atoms with Gasteiger partial charge in [0.15, 0.2) is 0 Å². The van der Waals surface area contributed by atoms with Gasteiger partial charge in [0.25, 0.3) is 10.1 Å². The Bertz CT molecular complexity index is 884. The molecule has 0 amide bonds. The minimum absolute atomic E-state index is 0.329. The maximum absolute atomic E-state index is 12.1. The number of carboxylic acid groups (broad SMARTS) is 1. The molecule has 0 radical (unpaired) electrons. The van der Waals surface area contributed by atoms with Gasteiger partial charge in [0, 0.05) is 0 Å². The summed E-state index contributed by atoms with van der Waals surface area (Å²) in [6.07, 6.45) is 4.44. The first-order valence-corrected chi connectivity index (χ1v) is 10.0. The molecule has 0 aliphatic carbocycles. The largest absolute Gasteiger partial charge is 0.478 e. The molecule has 0 fully saturated rings. The molecule has 0 saturated carbocycles. The number of aromatic carboxylic acids is 1. The maximum atomic E-state index is 12.1. The standard InChI is InChI=1S/C19H24O5S/c1-3-5-9-14-13-11-7-8-12-15(13)17(19(20)21)18(25(22,23)24)16(14)10-6-4-2/h7-8,11-12H,3-6,9-10H2,1-2H3,(H,20,21)(H,22,23,24). The number of rotatable bonds is 8. The summed E-state index contributed by atoms with van der Waals surface area (Å²) in [5.41, 5.74) is 0.960. The van der Waals surface area contributed by atoms with Crippen LogP contribution in [0.3, 0.4) is 0 Å². The van der Waals surface area contributed by atoms with Gasteiger partial charge in [-0.1, -0.05) is 51.0 Å². The van der Waals surface area contributed by atoms with E-state index < -0.39 is 21.0 Å². The molecule has 0 aliphatic heterocycles. The lowest BCUT2D eigenvalue weighted by atomic mass is 9.89. The van der Waals surface area contributed by atoms with Gasteiger partial charge in [-0.25, -0.2) is 4.79 Å². The fraction of sp³-hybridized carbons (Fsp3) is 0.421. The van der Waals surface area contributed by atoms with E-state index in [1.165, 1.54) is 0 Å². The van der Waals surface area contributed by atoms with Gasteiger partial charge in [-0.05, 0) is 47.6 Å². The lowest BCUT2D eigenvalue weighted by molar-refractivity contribution is 0.0694. The summed E-state index contributed by atoms with van der Waals surface area (Å²) >= 11 is 0. The van der Waals surface area contributed by atoms with E-state index in [4.69, 9.17) is 0 Å². The van der Waals surface area contributed by atoms with E-state index in [9.17, 15) is 22.9 Å². The Morgan fingerprint density at radius 3 is 1.96 bits per heavy atom. The molecule has 0 saturated heterocycles. The van der Waals surface area contributed by atoms with Crippen LogP contribution in [0, 0.1) is 0 Å². The number of fused-ring (bicyclic) bond motifs is 1. The first-order chi connectivity index (χ1) is 11.8. The van der Waals surface area contributed by atoms with Gasteiger partial charge in [0.05, 0.1) is 5.56 Å². The number of benzene rings is 2. The molecule has 0 unspecified atom stereocenters. The fourth-order valence-corrected chi connectivity index (χ4v) is 4.28. The molecule has 2 aromatic rings. The van der Waals surface area contributed by atoms with Crippen molar-refractivity contribution in [3.05, 3.63) is 41.0 Å². The zero-order valence-corrected chi connectivity index (χ0v) is 15.4. The van der Waals surface area contributed by atoms with Crippen molar-refractivity contribution in [1.29, 1.82) is 0 Å². The third-order valence-electron chi connectivity index (χ3n) is 4.42. The molecule has 0 spiro atoms. The SMILES string of the molecule is CCCCc1c(S(=O)(=O)O)c(C(=O)O)c2ccccc2c1CCCC. The highest BCUT2D eigenvalue weighted by Crippen LogP contribution is 2.35. The van der Waals surface area contributed by atoms with Gasteiger partial charge in [-0.15, -0.1) is 0 Å². The molecule has 25 heavy (non-hydrogen) atoms. The number of unbranched alkanes of at least 4 members (excludes halogenated alkanes) is 2. The second-order valence-corrected chi connectivity index (χ2v) is 7.55. The monoisotopic (exact) mass is 364 g/mol. The summed E-state index contributed by atoms with van der Waals surface area (Å²) in [6, 6.07) is 6.93. The van der Waals surface area contributed by atoms with Crippen LogP contribution in [0.15, 0.2) is 29.2 Å². The number of carboxylic acids is 1. The van der Waals surface area contributed by atoms with Crippen LogP contribution in [0.1, 0.15) is 61.0 Å². The van der Waals surface area contributed by atoms with Crippen molar-refractivity contribution in [3.8, 4) is 0 Å². The van der Waals surface area contributed by atoms with Crippen LogP contribution in [-0.4, -0.2) is 24.0 Å². The predicted octanol–water partition coefficient (Wildman–Crippen LogP) is 4.47. The van der Waals surface area contributed by atoms with Crippen LogP contribution in [-0.2, 0) is 23.0 Å². The zero-order valence-electron chi connectivity index (χ0n) is 14.6. The summed E-state index contributed by atoms with van der Waals surface area (Å²) < 4.78 is 34.0. The summed E-state index contributed by atoms with van der Waals surface area (Å²) in [7, 11) is -4.66. The van der Waals surface area contributed by atoms with Gasteiger partial charge in [-0.2, -0.15) is 8.42 Å². The van der Waals surface area contributed by atoms with Crippen LogP contribution in [0.2, 0.25) is 0 Å². The van der Waals surface area contributed by atoms with E-state index >= 15 is 0 Å². The Kier molecular flexibility index (Phi) is 6.19. The normalized spacial score (nSPS) is 11.8. The van der Waals surface area contributed by atoms with Crippen LogP contribution < -0.4 is 0 Å². The first kappa shape index (κ1) is 19.4. The topological polar surface area (TPSA) is 91.7 Å². The summed E-state index contributed by atoms with van der Waals surface area (Å²) in [4.78, 5) is 11.4. The minimum atomic E-state index is -4.66. The van der Waals surface area contributed by atoms with Crippen molar-refractivity contribution in [2.45, 2.75) is 57.3 Å². The van der Waals surface area contributed by atoms with E-state index in [1.54, 1.807) is 12.1 Å². The van der Waals surface area contributed by atoms with E-state index in [0.29, 0.717) is 23.8 Å². The highest BCUT2D eigenvalue weighted by atomic mass is 32.2. The van der Waals surface area contributed by atoms with Gasteiger partial charge < -0.3 is 5.11 Å². The number of carbonyl (C=O) groups is 1. The van der Waals surface area contributed by atoms with Crippen molar-refractivity contribution < 1.29 is 22.9 Å².